The van der Waals surface area contributed by atoms with Gasteiger partial charge in [-0.1, -0.05) is 12.7 Å². The molecule has 1 rings (SSSR count). The number of phenols is 2. The molecule has 0 saturated heterocycles. The van der Waals surface area contributed by atoms with Crippen LogP contribution in [0.4, 0.5) is 22.0 Å². The molecule has 2 N–H and O–H groups in total. The molecule has 0 aromatic heterocycles. The number of aromatic hydroxyl groups is 2. The summed E-state index contributed by atoms with van der Waals surface area (Å²) in [6.45, 7) is 3.35. The average molecular weight is 282 g/mol. The van der Waals surface area contributed by atoms with Crippen LogP contribution < -0.4 is 0 Å². The van der Waals surface area contributed by atoms with Crippen LogP contribution in [0.15, 0.2) is 18.7 Å². The molecule has 0 aliphatic carbocycles. The number of alkyl halides is 5. The Labute approximate surface area is 105 Å². The highest BCUT2D eigenvalue weighted by Gasteiger charge is 2.44. The molecule has 0 spiro atoms. The normalized spacial score (nSPS) is 12.5. The van der Waals surface area contributed by atoms with Gasteiger partial charge in [0.2, 0.25) is 0 Å². The Balaban J connectivity index is 3.02. The van der Waals surface area contributed by atoms with E-state index < -0.39 is 42.0 Å². The summed E-state index contributed by atoms with van der Waals surface area (Å²) in [5, 5.41) is 18.9. The Morgan fingerprint density at radius 1 is 1.05 bits per heavy atom. The second kappa shape index (κ2) is 5.07. The summed E-state index contributed by atoms with van der Waals surface area (Å²) in [5.41, 5.74) is -0.363. The largest absolute Gasteiger partial charge is 0.508 e. The van der Waals surface area contributed by atoms with Crippen molar-refractivity contribution in [1.82, 2.24) is 0 Å². The van der Waals surface area contributed by atoms with Gasteiger partial charge in [0, 0.05) is 12.0 Å². The zero-order chi connectivity index (χ0) is 14.8. The van der Waals surface area contributed by atoms with E-state index in [1.54, 1.807) is 0 Å². The fourth-order valence-electron chi connectivity index (χ4n) is 1.58. The Hall–Kier alpha value is -1.79. The maximum Gasteiger partial charge on any atom is 0.394 e. The number of hydrogen-bond acceptors (Lipinski definition) is 2. The molecule has 1 aromatic carbocycles. The van der Waals surface area contributed by atoms with Crippen LogP contribution in [0.3, 0.4) is 0 Å². The second-order valence-corrected chi connectivity index (χ2v) is 4.07. The Morgan fingerprint density at radius 3 is 1.89 bits per heavy atom. The van der Waals surface area contributed by atoms with E-state index in [0.717, 1.165) is 12.1 Å². The summed E-state index contributed by atoms with van der Waals surface area (Å²) in [4.78, 5) is 0. The van der Waals surface area contributed by atoms with E-state index >= 15 is 0 Å². The standard InChI is InChI=1S/C12H11F5O2/c1-2-7-3-9(18)8(10(19)4-7)5-11(13,14)6-12(15,16)17/h2-4,18-19H,1,5-6H2. The van der Waals surface area contributed by atoms with Crippen molar-refractivity contribution in [3.05, 3.63) is 29.8 Å². The van der Waals surface area contributed by atoms with Crippen LogP contribution in [-0.2, 0) is 6.42 Å². The third kappa shape index (κ3) is 4.42. The van der Waals surface area contributed by atoms with Crippen molar-refractivity contribution in [2.75, 3.05) is 0 Å². The first-order chi connectivity index (χ1) is 8.54. The molecule has 2 nitrogen and oxygen atoms in total. The number of halogens is 5. The molecule has 0 fully saturated rings. The zero-order valence-electron chi connectivity index (χ0n) is 9.64. The van der Waals surface area contributed by atoms with Crippen LogP contribution in [0.25, 0.3) is 6.08 Å². The molecule has 0 heterocycles. The van der Waals surface area contributed by atoms with Crippen molar-refractivity contribution < 1.29 is 32.2 Å². The quantitative estimate of drug-likeness (QED) is 0.823. The molecule has 1 aromatic rings. The molecule has 7 heteroatoms. The molecule has 0 atom stereocenters. The van der Waals surface area contributed by atoms with Crippen LogP contribution in [0.5, 0.6) is 11.5 Å². The maximum atomic E-state index is 13.2. The van der Waals surface area contributed by atoms with Crippen molar-refractivity contribution in [2.24, 2.45) is 0 Å². The number of phenolic OH excluding ortho intramolecular Hbond substituents is 2. The van der Waals surface area contributed by atoms with Crippen LogP contribution >= 0.6 is 0 Å². The molecule has 0 saturated carbocycles. The van der Waals surface area contributed by atoms with E-state index in [1.165, 1.54) is 6.08 Å². The average Bonchev–Trinajstić information content (AvgIpc) is 2.19. The summed E-state index contributed by atoms with van der Waals surface area (Å²) in [5.74, 6) is -5.50. The van der Waals surface area contributed by atoms with E-state index in [0.29, 0.717) is 0 Å². The van der Waals surface area contributed by atoms with Gasteiger partial charge in [-0.05, 0) is 17.7 Å². The fraction of sp³-hybridized carbons (Fsp3) is 0.333. The van der Waals surface area contributed by atoms with Crippen molar-refractivity contribution in [1.29, 1.82) is 0 Å². The molecule has 0 unspecified atom stereocenters. The topological polar surface area (TPSA) is 40.5 Å². The van der Waals surface area contributed by atoms with Crippen LogP contribution in [0.2, 0.25) is 0 Å². The van der Waals surface area contributed by atoms with Crippen LogP contribution in [-0.4, -0.2) is 22.3 Å². The van der Waals surface area contributed by atoms with Gasteiger partial charge in [0.1, 0.15) is 17.9 Å². The predicted octanol–water partition coefficient (Wildman–Crippen LogP) is 3.87. The van der Waals surface area contributed by atoms with Crippen LogP contribution in [0.1, 0.15) is 17.5 Å². The van der Waals surface area contributed by atoms with Crippen molar-refractivity contribution in [3.63, 3.8) is 0 Å². The number of benzene rings is 1. The summed E-state index contributed by atoms with van der Waals surface area (Å²) in [6.07, 6.45) is -7.50. The summed E-state index contributed by atoms with van der Waals surface area (Å²) in [6, 6.07) is 2.07. The maximum absolute atomic E-state index is 13.2. The molecule has 0 radical (unpaired) electrons. The SMILES string of the molecule is C=Cc1cc(O)c(CC(F)(F)CC(F)(F)F)c(O)c1. The van der Waals surface area contributed by atoms with Gasteiger partial charge < -0.3 is 10.2 Å². The fourth-order valence-corrected chi connectivity index (χ4v) is 1.58. The Kier molecular flexibility index (Phi) is 4.07. The highest BCUT2D eigenvalue weighted by atomic mass is 19.4. The van der Waals surface area contributed by atoms with E-state index in [9.17, 15) is 32.2 Å². The molecule has 0 aliphatic rings. The highest BCUT2D eigenvalue weighted by Crippen LogP contribution is 2.39. The molecule has 0 aliphatic heterocycles. The molecule has 106 valence electrons. The van der Waals surface area contributed by atoms with E-state index in [1.807, 2.05) is 0 Å². The zero-order valence-corrected chi connectivity index (χ0v) is 9.64. The Morgan fingerprint density at radius 2 is 1.53 bits per heavy atom. The predicted molar refractivity (Wildman–Crippen MR) is 59.2 cm³/mol. The number of hydrogen-bond donors (Lipinski definition) is 2. The minimum atomic E-state index is -5.03. The molecular weight excluding hydrogens is 271 g/mol. The summed E-state index contributed by atoms with van der Waals surface area (Å²) in [7, 11) is 0. The van der Waals surface area contributed by atoms with Gasteiger partial charge in [-0.15, -0.1) is 0 Å². The summed E-state index contributed by atoms with van der Waals surface area (Å²) < 4.78 is 62.2. The van der Waals surface area contributed by atoms with Gasteiger partial charge >= 0.3 is 6.18 Å². The molecule has 0 amide bonds. The molecule has 0 bridgehead atoms. The van der Waals surface area contributed by atoms with E-state index in [2.05, 4.69) is 6.58 Å². The van der Waals surface area contributed by atoms with Gasteiger partial charge in [0.15, 0.2) is 0 Å². The summed E-state index contributed by atoms with van der Waals surface area (Å²) >= 11 is 0. The Bertz CT molecular complexity index is 456. The monoisotopic (exact) mass is 282 g/mol. The van der Waals surface area contributed by atoms with Crippen molar-refractivity contribution >= 4 is 6.08 Å². The number of rotatable bonds is 4. The van der Waals surface area contributed by atoms with Gasteiger partial charge in [0.25, 0.3) is 5.92 Å². The van der Waals surface area contributed by atoms with Crippen molar-refractivity contribution in [2.45, 2.75) is 24.9 Å². The first kappa shape index (κ1) is 15.3. The van der Waals surface area contributed by atoms with Crippen molar-refractivity contribution in [3.8, 4) is 11.5 Å². The lowest BCUT2D eigenvalue weighted by Gasteiger charge is -2.19. The third-order valence-electron chi connectivity index (χ3n) is 2.36. The first-order valence-electron chi connectivity index (χ1n) is 5.16. The minimum absolute atomic E-state index is 0.262. The van der Waals surface area contributed by atoms with E-state index in [-0.39, 0.29) is 5.56 Å². The van der Waals surface area contributed by atoms with E-state index in [4.69, 9.17) is 0 Å². The van der Waals surface area contributed by atoms with Gasteiger partial charge in [-0.25, -0.2) is 8.78 Å². The second-order valence-electron chi connectivity index (χ2n) is 4.07. The smallest absolute Gasteiger partial charge is 0.394 e. The minimum Gasteiger partial charge on any atom is -0.508 e. The lowest BCUT2D eigenvalue weighted by molar-refractivity contribution is -0.187. The van der Waals surface area contributed by atoms with Gasteiger partial charge in [-0.3, -0.25) is 0 Å². The van der Waals surface area contributed by atoms with Gasteiger partial charge in [-0.2, -0.15) is 13.2 Å². The molecule has 19 heavy (non-hydrogen) atoms. The van der Waals surface area contributed by atoms with Crippen LogP contribution in [0, 0.1) is 0 Å². The lowest BCUT2D eigenvalue weighted by atomic mass is 10.0. The highest BCUT2D eigenvalue weighted by molar-refractivity contribution is 5.57. The lowest BCUT2D eigenvalue weighted by Crippen LogP contribution is -2.28. The third-order valence-corrected chi connectivity index (χ3v) is 2.36. The molecular formula is C12H11F5O2. The van der Waals surface area contributed by atoms with Gasteiger partial charge in [0.05, 0.1) is 0 Å². The first-order valence-corrected chi connectivity index (χ1v) is 5.16.